The third-order valence-corrected chi connectivity index (χ3v) is 7.94. The molecule has 2 heterocycles. The Hall–Kier alpha value is -2.93. The lowest BCUT2D eigenvalue weighted by Crippen LogP contribution is -2.35. The Bertz CT molecular complexity index is 1240. The molecule has 0 saturated carbocycles. The number of fused-ring (bicyclic) bond motifs is 1. The minimum Gasteiger partial charge on any atom is -0.345 e. The normalized spacial score (nSPS) is 20.0. The number of carbonyl (C=O) groups excluding carboxylic acids is 2. The van der Waals surface area contributed by atoms with E-state index in [1.165, 1.54) is 12.1 Å². The Morgan fingerprint density at radius 1 is 0.892 bits per heavy atom. The number of nitrogens with zero attached hydrogens (tertiary/aromatic N) is 2. The first kappa shape index (κ1) is 25.7. The second kappa shape index (κ2) is 11.2. The van der Waals surface area contributed by atoms with Gasteiger partial charge >= 0.3 is 0 Å². The van der Waals surface area contributed by atoms with E-state index in [0.29, 0.717) is 35.5 Å². The maximum atomic E-state index is 14.3. The van der Waals surface area contributed by atoms with Gasteiger partial charge in [0.05, 0.1) is 16.6 Å². The molecule has 8 heteroatoms. The van der Waals surface area contributed by atoms with E-state index in [0.717, 1.165) is 31.6 Å². The number of benzene rings is 3. The number of hydrogen-bond acceptors (Lipinski definition) is 3. The summed E-state index contributed by atoms with van der Waals surface area (Å²) in [6, 6.07) is 21.0. The van der Waals surface area contributed by atoms with Crippen LogP contribution >= 0.6 is 23.2 Å². The van der Waals surface area contributed by atoms with Crippen molar-refractivity contribution in [3.63, 3.8) is 0 Å². The first-order valence-corrected chi connectivity index (χ1v) is 13.2. The van der Waals surface area contributed by atoms with Gasteiger partial charge < -0.3 is 15.1 Å². The van der Waals surface area contributed by atoms with Gasteiger partial charge in [0, 0.05) is 43.3 Å². The van der Waals surface area contributed by atoms with Crippen LogP contribution < -0.4 is 5.32 Å². The smallest absolute Gasteiger partial charge is 0.258 e. The van der Waals surface area contributed by atoms with Crippen molar-refractivity contribution in [1.82, 2.24) is 15.1 Å². The number of nitrogens with one attached hydrogen (secondary N) is 1. The Morgan fingerprint density at radius 2 is 1.57 bits per heavy atom. The fourth-order valence-corrected chi connectivity index (χ4v) is 5.83. The second-order valence-electron chi connectivity index (χ2n) is 9.82. The van der Waals surface area contributed by atoms with E-state index in [1.807, 2.05) is 30.3 Å². The molecule has 2 fully saturated rings. The highest BCUT2D eigenvalue weighted by Crippen LogP contribution is 2.34. The van der Waals surface area contributed by atoms with Gasteiger partial charge in [0.2, 0.25) is 0 Å². The third kappa shape index (κ3) is 5.82. The average Bonchev–Trinajstić information content (AvgIpc) is 3.46. The van der Waals surface area contributed by atoms with Crippen molar-refractivity contribution in [2.45, 2.75) is 12.5 Å². The number of likely N-dealkylation sites (tertiary alicyclic amines) is 2. The van der Waals surface area contributed by atoms with Gasteiger partial charge in [-0.25, -0.2) is 4.39 Å². The van der Waals surface area contributed by atoms with Crippen LogP contribution in [0, 0.1) is 17.7 Å². The van der Waals surface area contributed by atoms with E-state index in [-0.39, 0.29) is 28.4 Å². The van der Waals surface area contributed by atoms with Crippen LogP contribution in [-0.4, -0.2) is 54.3 Å². The van der Waals surface area contributed by atoms with Gasteiger partial charge in [-0.05, 0) is 60.2 Å². The second-order valence-corrected chi connectivity index (χ2v) is 10.7. The molecule has 5 rings (SSSR count). The van der Waals surface area contributed by atoms with Crippen molar-refractivity contribution >= 4 is 35.0 Å². The molecule has 2 aliphatic rings. The highest BCUT2D eigenvalue weighted by Gasteiger charge is 2.42. The van der Waals surface area contributed by atoms with Crippen LogP contribution in [0.5, 0.6) is 0 Å². The predicted octanol–water partition coefficient (Wildman–Crippen LogP) is 5.70. The summed E-state index contributed by atoms with van der Waals surface area (Å²) >= 11 is 12.1. The lowest BCUT2D eigenvalue weighted by atomic mass is 10.0. The molecule has 1 N–H and O–H groups in total. The van der Waals surface area contributed by atoms with E-state index in [4.69, 9.17) is 23.2 Å². The van der Waals surface area contributed by atoms with E-state index in [1.54, 1.807) is 35.2 Å². The summed E-state index contributed by atoms with van der Waals surface area (Å²) in [6.45, 7) is 3.75. The topological polar surface area (TPSA) is 52.7 Å². The summed E-state index contributed by atoms with van der Waals surface area (Å²) < 4.78 is 14.3. The van der Waals surface area contributed by atoms with E-state index in [2.05, 4.69) is 10.2 Å². The Morgan fingerprint density at radius 3 is 2.22 bits per heavy atom. The molecule has 3 aromatic carbocycles. The molecular formula is C29H28Cl2FN3O2. The van der Waals surface area contributed by atoms with E-state index >= 15 is 0 Å². The first-order chi connectivity index (χ1) is 17.9. The van der Waals surface area contributed by atoms with Crippen LogP contribution in [0.4, 0.5) is 4.39 Å². The molecule has 2 amide bonds. The number of hydrogen-bond donors (Lipinski definition) is 1. The molecule has 0 aliphatic carbocycles. The fraction of sp³-hybridized carbons (Fsp3) is 0.310. The lowest BCUT2D eigenvalue weighted by molar-refractivity contribution is 0.0769. The van der Waals surface area contributed by atoms with Crippen LogP contribution in [0.15, 0.2) is 72.8 Å². The zero-order chi connectivity index (χ0) is 25.9. The molecule has 3 aromatic rings. The molecular weight excluding hydrogens is 512 g/mol. The molecule has 3 unspecified atom stereocenters. The first-order valence-electron chi connectivity index (χ1n) is 12.5. The van der Waals surface area contributed by atoms with E-state index in [9.17, 15) is 14.0 Å². The van der Waals surface area contributed by atoms with Crippen LogP contribution in [0.3, 0.4) is 0 Å². The Labute approximate surface area is 226 Å². The Kier molecular flexibility index (Phi) is 7.79. The number of amides is 2. The summed E-state index contributed by atoms with van der Waals surface area (Å²) in [6.07, 6.45) is 0.760. The monoisotopic (exact) mass is 539 g/mol. The minimum atomic E-state index is -0.580. The van der Waals surface area contributed by atoms with Gasteiger partial charge in [0.25, 0.3) is 11.8 Å². The summed E-state index contributed by atoms with van der Waals surface area (Å²) in [5.41, 5.74) is 1.59. The molecule has 3 atom stereocenters. The predicted molar refractivity (Wildman–Crippen MR) is 143 cm³/mol. The van der Waals surface area contributed by atoms with Crippen molar-refractivity contribution in [3.05, 3.63) is 105 Å². The molecule has 5 nitrogen and oxygen atoms in total. The number of rotatable bonds is 7. The number of halogens is 3. The van der Waals surface area contributed by atoms with Crippen molar-refractivity contribution in [3.8, 4) is 0 Å². The summed E-state index contributed by atoms with van der Waals surface area (Å²) in [4.78, 5) is 30.0. The van der Waals surface area contributed by atoms with Crippen LogP contribution in [-0.2, 0) is 0 Å². The Balaban J connectivity index is 1.19. The lowest BCUT2D eigenvalue weighted by Gasteiger charge is -2.25. The van der Waals surface area contributed by atoms with Crippen LogP contribution in [0.1, 0.15) is 38.7 Å². The van der Waals surface area contributed by atoms with Crippen molar-refractivity contribution in [1.29, 1.82) is 0 Å². The minimum absolute atomic E-state index is 0.0388. The van der Waals surface area contributed by atoms with Gasteiger partial charge in [-0.15, -0.1) is 0 Å². The van der Waals surface area contributed by atoms with Gasteiger partial charge in [-0.3, -0.25) is 9.59 Å². The molecule has 37 heavy (non-hydrogen) atoms. The van der Waals surface area contributed by atoms with Crippen LogP contribution in [0.2, 0.25) is 10.0 Å². The zero-order valence-electron chi connectivity index (χ0n) is 20.2. The summed E-state index contributed by atoms with van der Waals surface area (Å²) in [5.74, 6) is -0.367. The van der Waals surface area contributed by atoms with Crippen LogP contribution in [0.25, 0.3) is 0 Å². The molecule has 0 bridgehead atoms. The van der Waals surface area contributed by atoms with Gasteiger partial charge in [0.1, 0.15) is 5.82 Å². The number of carbonyl (C=O) groups is 2. The maximum Gasteiger partial charge on any atom is 0.258 e. The van der Waals surface area contributed by atoms with Gasteiger partial charge in [-0.2, -0.15) is 0 Å². The molecule has 2 aliphatic heterocycles. The van der Waals surface area contributed by atoms with Gasteiger partial charge in [0.15, 0.2) is 0 Å². The zero-order valence-corrected chi connectivity index (χ0v) is 21.8. The highest BCUT2D eigenvalue weighted by atomic mass is 35.5. The van der Waals surface area contributed by atoms with Crippen molar-refractivity contribution in [2.75, 3.05) is 32.7 Å². The third-order valence-electron chi connectivity index (χ3n) is 7.37. The maximum absolute atomic E-state index is 14.3. The summed E-state index contributed by atoms with van der Waals surface area (Å²) in [7, 11) is 0. The molecule has 0 aromatic heterocycles. The molecule has 0 spiro atoms. The van der Waals surface area contributed by atoms with E-state index < -0.39 is 5.82 Å². The average molecular weight is 540 g/mol. The molecule has 2 saturated heterocycles. The molecule has 0 radical (unpaired) electrons. The van der Waals surface area contributed by atoms with Crippen molar-refractivity contribution < 1.29 is 14.0 Å². The largest absolute Gasteiger partial charge is 0.345 e. The standard InChI is InChI=1S/C29H28Cl2FN3O2/c30-23-11-9-20(10-12-23)28(36)33-26(19-5-2-1-3-6-19)13-14-34-15-21-17-35(18-22(21)16-34)29(37)27-24(31)7-4-8-25(27)32/h1-12,21-22,26H,13-18H2,(H,33,36). The van der Waals surface area contributed by atoms with Crippen molar-refractivity contribution in [2.24, 2.45) is 11.8 Å². The highest BCUT2D eigenvalue weighted by molar-refractivity contribution is 6.33. The quantitative estimate of drug-likeness (QED) is 0.419. The van der Waals surface area contributed by atoms with Gasteiger partial charge in [-0.1, -0.05) is 59.6 Å². The summed E-state index contributed by atoms with van der Waals surface area (Å²) in [5, 5.41) is 3.92. The SMILES string of the molecule is O=C(NC(CCN1CC2CN(C(=O)c3c(F)cccc3Cl)CC2C1)c1ccccc1)c1ccc(Cl)cc1. The molecule has 192 valence electrons. The fourth-order valence-electron chi connectivity index (χ4n) is 5.46.